The van der Waals surface area contributed by atoms with E-state index in [1.54, 1.807) is 19.2 Å². The standard InChI is InChI=1S/C15H10Cl2N2O/c1-20-11-5-2-9(3-6-11)15-18-13-7-4-10(16)8-12(13)14(17)19-15/h2-8H,1H3. The Morgan fingerprint density at radius 1 is 0.950 bits per heavy atom. The first-order chi connectivity index (χ1) is 9.67. The Morgan fingerprint density at radius 2 is 1.70 bits per heavy atom. The Labute approximate surface area is 126 Å². The van der Waals surface area contributed by atoms with Gasteiger partial charge in [0.1, 0.15) is 10.9 Å². The van der Waals surface area contributed by atoms with Gasteiger partial charge in [0.2, 0.25) is 0 Å². The summed E-state index contributed by atoms with van der Waals surface area (Å²) in [6.45, 7) is 0. The molecule has 0 unspecified atom stereocenters. The third-order valence-electron chi connectivity index (χ3n) is 2.96. The third kappa shape index (κ3) is 2.42. The smallest absolute Gasteiger partial charge is 0.161 e. The van der Waals surface area contributed by atoms with Gasteiger partial charge in [-0.25, -0.2) is 9.97 Å². The molecule has 3 rings (SSSR count). The van der Waals surface area contributed by atoms with Crippen LogP contribution in [0.5, 0.6) is 5.75 Å². The molecule has 0 aliphatic carbocycles. The number of hydrogen-bond donors (Lipinski definition) is 0. The molecule has 0 fully saturated rings. The molecule has 0 saturated heterocycles. The van der Waals surface area contributed by atoms with Gasteiger partial charge in [-0.1, -0.05) is 23.2 Å². The highest BCUT2D eigenvalue weighted by atomic mass is 35.5. The molecule has 1 aromatic heterocycles. The zero-order chi connectivity index (χ0) is 14.1. The molecule has 3 aromatic rings. The minimum Gasteiger partial charge on any atom is -0.497 e. The summed E-state index contributed by atoms with van der Waals surface area (Å²) in [4.78, 5) is 8.83. The minimum absolute atomic E-state index is 0.392. The number of methoxy groups -OCH3 is 1. The van der Waals surface area contributed by atoms with Crippen molar-refractivity contribution in [2.24, 2.45) is 0 Å². The predicted octanol–water partition coefficient (Wildman–Crippen LogP) is 4.61. The first-order valence-electron chi connectivity index (χ1n) is 5.94. The van der Waals surface area contributed by atoms with Crippen molar-refractivity contribution in [2.75, 3.05) is 7.11 Å². The molecule has 0 N–H and O–H groups in total. The maximum absolute atomic E-state index is 6.21. The fourth-order valence-electron chi connectivity index (χ4n) is 1.93. The summed E-state index contributed by atoms with van der Waals surface area (Å²) in [5, 5.41) is 1.75. The van der Waals surface area contributed by atoms with Crippen molar-refractivity contribution in [1.29, 1.82) is 0 Å². The van der Waals surface area contributed by atoms with Crippen LogP contribution in [-0.2, 0) is 0 Å². The highest BCUT2D eigenvalue weighted by molar-refractivity contribution is 6.35. The summed E-state index contributed by atoms with van der Waals surface area (Å²) in [5.74, 6) is 1.36. The number of halogens is 2. The van der Waals surface area contributed by atoms with Crippen molar-refractivity contribution in [3.63, 3.8) is 0 Å². The van der Waals surface area contributed by atoms with E-state index in [0.717, 1.165) is 22.2 Å². The number of aromatic nitrogens is 2. The first-order valence-corrected chi connectivity index (χ1v) is 6.70. The third-order valence-corrected chi connectivity index (χ3v) is 3.48. The van der Waals surface area contributed by atoms with E-state index in [2.05, 4.69) is 9.97 Å². The van der Waals surface area contributed by atoms with Crippen LogP contribution in [0.3, 0.4) is 0 Å². The number of benzene rings is 2. The molecule has 0 aliphatic heterocycles. The quantitative estimate of drug-likeness (QED) is 0.648. The van der Waals surface area contributed by atoms with Crippen LogP contribution < -0.4 is 4.74 Å². The second kappa shape index (κ2) is 5.27. The molecular weight excluding hydrogens is 295 g/mol. The highest BCUT2D eigenvalue weighted by Gasteiger charge is 2.08. The van der Waals surface area contributed by atoms with Crippen LogP contribution >= 0.6 is 23.2 Å². The first kappa shape index (κ1) is 13.2. The van der Waals surface area contributed by atoms with E-state index < -0.39 is 0 Å². The van der Waals surface area contributed by atoms with E-state index in [4.69, 9.17) is 27.9 Å². The fourth-order valence-corrected chi connectivity index (χ4v) is 2.34. The fraction of sp³-hybridized carbons (Fsp3) is 0.0667. The molecule has 0 radical (unpaired) electrons. The van der Waals surface area contributed by atoms with E-state index >= 15 is 0 Å². The number of hydrogen-bond acceptors (Lipinski definition) is 3. The Kier molecular flexibility index (Phi) is 3.47. The van der Waals surface area contributed by atoms with Gasteiger partial charge >= 0.3 is 0 Å². The normalized spacial score (nSPS) is 10.8. The molecule has 20 heavy (non-hydrogen) atoms. The molecule has 0 amide bonds. The molecule has 0 spiro atoms. The monoisotopic (exact) mass is 304 g/mol. The van der Waals surface area contributed by atoms with Crippen LogP contribution in [0.1, 0.15) is 0 Å². The van der Waals surface area contributed by atoms with Crippen molar-refractivity contribution in [2.45, 2.75) is 0 Å². The van der Waals surface area contributed by atoms with E-state index in [1.165, 1.54) is 0 Å². The topological polar surface area (TPSA) is 35.0 Å². The zero-order valence-corrected chi connectivity index (χ0v) is 12.1. The molecule has 1 heterocycles. The van der Waals surface area contributed by atoms with Gasteiger partial charge in [0.25, 0.3) is 0 Å². The van der Waals surface area contributed by atoms with Crippen LogP contribution in [0.4, 0.5) is 0 Å². The van der Waals surface area contributed by atoms with Crippen LogP contribution in [0.2, 0.25) is 10.2 Å². The molecule has 0 bridgehead atoms. The van der Waals surface area contributed by atoms with Gasteiger partial charge in [0.05, 0.1) is 12.6 Å². The van der Waals surface area contributed by atoms with E-state index in [0.29, 0.717) is 16.0 Å². The zero-order valence-electron chi connectivity index (χ0n) is 10.6. The van der Waals surface area contributed by atoms with Gasteiger partial charge in [-0.05, 0) is 42.5 Å². The van der Waals surface area contributed by atoms with Gasteiger partial charge in [-0.2, -0.15) is 0 Å². The molecule has 5 heteroatoms. The molecule has 0 atom stereocenters. The van der Waals surface area contributed by atoms with Crippen molar-refractivity contribution < 1.29 is 4.74 Å². The van der Waals surface area contributed by atoms with Crippen LogP contribution in [0, 0.1) is 0 Å². The Balaban J connectivity index is 2.14. The lowest BCUT2D eigenvalue weighted by Crippen LogP contribution is -1.92. The summed E-state index contributed by atoms with van der Waals surface area (Å²) in [7, 11) is 1.63. The van der Waals surface area contributed by atoms with E-state index in [9.17, 15) is 0 Å². The number of rotatable bonds is 2. The summed E-state index contributed by atoms with van der Waals surface area (Å²) < 4.78 is 5.13. The Hall–Kier alpha value is -1.84. The van der Waals surface area contributed by atoms with Crippen molar-refractivity contribution in [1.82, 2.24) is 9.97 Å². The highest BCUT2D eigenvalue weighted by Crippen LogP contribution is 2.27. The van der Waals surface area contributed by atoms with E-state index in [-0.39, 0.29) is 0 Å². The molecule has 2 aromatic carbocycles. The van der Waals surface area contributed by atoms with Crippen LogP contribution in [0.15, 0.2) is 42.5 Å². The summed E-state index contributed by atoms with van der Waals surface area (Å²) in [6, 6.07) is 12.9. The maximum atomic E-state index is 6.21. The van der Waals surface area contributed by atoms with Crippen molar-refractivity contribution in [3.05, 3.63) is 52.6 Å². The molecule has 0 saturated carbocycles. The van der Waals surface area contributed by atoms with Crippen LogP contribution in [0.25, 0.3) is 22.3 Å². The van der Waals surface area contributed by atoms with Gasteiger partial charge < -0.3 is 4.74 Å². The Morgan fingerprint density at radius 3 is 2.40 bits per heavy atom. The summed E-state index contributed by atoms with van der Waals surface area (Å²) >= 11 is 12.2. The minimum atomic E-state index is 0.392. The SMILES string of the molecule is COc1ccc(-c2nc(Cl)c3cc(Cl)ccc3n2)cc1. The second-order valence-corrected chi connectivity index (χ2v) is 5.02. The maximum Gasteiger partial charge on any atom is 0.161 e. The lowest BCUT2D eigenvalue weighted by atomic mass is 10.2. The molecule has 3 nitrogen and oxygen atoms in total. The average Bonchev–Trinajstić information content (AvgIpc) is 2.48. The van der Waals surface area contributed by atoms with Gasteiger partial charge in [0.15, 0.2) is 5.82 Å². The number of fused-ring (bicyclic) bond motifs is 1. The average molecular weight is 305 g/mol. The lowest BCUT2D eigenvalue weighted by Gasteiger charge is -2.06. The Bertz CT molecular complexity index is 773. The second-order valence-electron chi connectivity index (χ2n) is 4.23. The van der Waals surface area contributed by atoms with Gasteiger partial charge in [-0.15, -0.1) is 0 Å². The lowest BCUT2D eigenvalue weighted by molar-refractivity contribution is 0.415. The van der Waals surface area contributed by atoms with Crippen LogP contribution in [-0.4, -0.2) is 17.1 Å². The summed E-state index contributed by atoms with van der Waals surface area (Å²) in [6.07, 6.45) is 0. The molecule has 100 valence electrons. The predicted molar refractivity (Wildman–Crippen MR) is 81.5 cm³/mol. The van der Waals surface area contributed by atoms with Crippen molar-refractivity contribution in [3.8, 4) is 17.1 Å². The largest absolute Gasteiger partial charge is 0.497 e. The molecular formula is C15H10Cl2N2O. The van der Waals surface area contributed by atoms with E-state index in [1.807, 2.05) is 30.3 Å². The van der Waals surface area contributed by atoms with Crippen molar-refractivity contribution >= 4 is 34.1 Å². The van der Waals surface area contributed by atoms with Gasteiger partial charge in [-0.3, -0.25) is 0 Å². The summed E-state index contributed by atoms with van der Waals surface area (Å²) in [5.41, 5.74) is 1.64. The number of nitrogens with zero attached hydrogens (tertiary/aromatic N) is 2. The molecule has 0 aliphatic rings. The van der Waals surface area contributed by atoms with Gasteiger partial charge in [0, 0.05) is 16.0 Å². The number of ether oxygens (including phenoxy) is 1.